The molecule has 0 radical (unpaired) electrons. The van der Waals surface area contributed by atoms with Crippen LogP contribution in [0, 0.1) is 5.41 Å². The summed E-state index contributed by atoms with van der Waals surface area (Å²) in [5.74, 6) is -0.985. The monoisotopic (exact) mass is 276 g/mol. The van der Waals surface area contributed by atoms with Crippen LogP contribution in [0.2, 0.25) is 0 Å². The highest BCUT2D eigenvalue weighted by atomic mass is 16.4. The number of carboxylic acid groups (broad SMARTS) is 1. The Bertz CT molecular complexity index is 526. The first kappa shape index (κ1) is 14.5. The third kappa shape index (κ3) is 2.41. The normalized spacial score (nSPS) is 25.4. The molecule has 1 saturated carbocycles. The van der Waals surface area contributed by atoms with Crippen molar-refractivity contribution in [3.05, 3.63) is 29.8 Å². The number of carbonyl (C=O) groups is 2. The lowest BCUT2D eigenvalue weighted by Gasteiger charge is -2.32. The molecule has 0 spiro atoms. The van der Waals surface area contributed by atoms with Gasteiger partial charge in [-0.15, -0.1) is 0 Å². The second-order valence-corrected chi connectivity index (χ2v) is 5.63. The van der Waals surface area contributed by atoms with E-state index >= 15 is 0 Å². The SMILES string of the molecule is CN(C(=O)C1(C)CCCC1N)c1ccc(C(=O)O)cc1. The van der Waals surface area contributed by atoms with Gasteiger partial charge in [0.25, 0.3) is 0 Å². The Morgan fingerprint density at radius 3 is 2.40 bits per heavy atom. The summed E-state index contributed by atoms with van der Waals surface area (Å²) >= 11 is 0. The van der Waals surface area contributed by atoms with Gasteiger partial charge in [0.1, 0.15) is 0 Å². The fraction of sp³-hybridized carbons (Fsp3) is 0.467. The van der Waals surface area contributed by atoms with Gasteiger partial charge in [-0.05, 0) is 44.0 Å². The third-order valence-corrected chi connectivity index (χ3v) is 4.32. The van der Waals surface area contributed by atoms with Crippen LogP contribution in [0.1, 0.15) is 36.5 Å². The van der Waals surface area contributed by atoms with Crippen LogP contribution < -0.4 is 10.6 Å². The summed E-state index contributed by atoms with van der Waals surface area (Å²) < 4.78 is 0. The number of benzene rings is 1. The molecular weight excluding hydrogens is 256 g/mol. The van der Waals surface area contributed by atoms with E-state index in [1.807, 2.05) is 6.92 Å². The fourth-order valence-electron chi connectivity index (χ4n) is 2.79. The standard InChI is InChI=1S/C15H20N2O3/c1-15(9-3-4-12(15)16)14(20)17(2)11-7-5-10(6-8-11)13(18)19/h5-8,12H,3-4,9,16H2,1-2H3,(H,18,19). The van der Waals surface area contributed by atoms with Crippen LogP contribution in [0.15, 0.2) is 24.3 Å². The summed E-state index contributed by atoms with van der Waals surface area (Å²) in [6.45, 7) is 1.91. The Balaban J connectivity index is 2.20. The maximum absolute atomic E-state index is 12.6. The number of nitrogens with two attached hydrogens (primary N) is 1. The van der Waals surface area contributed by atoms with E-state index < -0.39 is 11.4 Å². The molecule has 2 rings (SSSR count). The average Bonchev–Trinajstić information content (AvgIpc) is 2.78. The molecule has 5 heteroatoms. The molecule has 2 unspecified atom stereocenters. The number of anilines is 1. The molecule has 0 saturated heterocycles. The Labute approximate surface area is 118 Å². The van der Waals surface area contributed by atoms with Crippen molar-refractivity contribution in [1.82, 2.24) is 0 Å². The van der Waals surface area contributed by atoms with Crippen molar-refractivity contribution < 1.29 is 14.7 Å². The summed E-state index contributed by atoms with van der Waals surface area (Å²) in [6, 6.07) is 6.17. The lowest BCUT2D eigenvalue weighted by atomic mass is 9.83. The van der Waals surface area contributed by atoms with E-state index in [1.165, 1.54) is 12.1 Å². The van der Waals surface area contributed by atoms with Crippen LogP contribution >= 0.6 is 0 Å². The first-order chi connectivity index (χ1) is 9.36. The molecule has 3 N–H and O–H groups in total. The maximum atomic E-state index is 12.6. The van der Waals surface area contributed by atoms with Crippen LogP contribution in [-0.2, 0) is 4.79 Å². The summed E-state index contributed by atoms with van der Waals surface area (Å²) in [4.78, 5) is 25.0. The van der Waals surface area contributed by atoms with Crippen molar-refractivity contribution in [2.24, 2.45) is 11.1 Å². The average molecular weight is 276 g/mol. The van der Waals surface area contributed by atoms with Crippen molar-refractivity contribution in [1.29, 1.82) is 0 Å². The molecular formula is C15H20N2O3. The van der Waals surface area contributed by atoms with Gasteiger partial charge < -0.3 is 15.7 Å². The number of nitrogens with zero attached hydrogens (tertiary/aromatic N) is 1. The highest BCUT2D eigenvalue weighted by Crippen LogP contribution is 2.39. The lowest BCUT2D eigenvalue weighted by Crippen LogP contribution is -2.48. The van der Waals surface area contributed by atoms with Crippen molar-refractivity contribution in [2.75, 3.05) is 11.9 Å². The van der Waals surface area contributed by atoms with Gasteiger partial charge in [-0.25, -0.2) is 4.79 Å². The number of amides is 1. The van der Waals surface area contributed by atoms with Crippen LogP contribution in [0.25, 0.3) is 0 Å². The minimum Gasteiger partial charge on any atom is -0.478 e. The number of rotatable bonds is 3. The molecule has 0 bridgehead atoms. The number of aromatic carboxylic acids is 1. The Morgan fingerprint density at radius 2 is 1.95 bits per heavy atom. The largest absolute Gasteiger partial charge is 0.478 e. The molecule has 1 amide bonds. The zero-order chi connectivity index (χ0) is 14.9. The molecule has 1 aliphatic carbocycles. The smallest absolute Gasteiger partial charge is 0.335 e. The van der Waals surface area contributed by atoms with E-state index in [4.69, 9.17) is 10.8 Å². The van der Waals surface area contributed by atoms with Crippen molar-refractivity contribution >= 4 is 17.6 Å². The van der Waals surface area contributed by atoms with Crippen molar-refractivity contribution in [3.63, 3.8) is 0 Å². The Morgan fingerprint density at radius 1 is 1.35 bits per heavy atom. The molecule has 2 atom stereocenters. The molecule has 1 aromatic carbocycles. The van der Waals surface area contributed by atoms with E-state index in [0.717, 1.165) is 19.3 Å². The van der Waals surface area contributed by atoms with Gasteiger partial charge in [0.15, 0.2) is 0 Å². The van der Waals surface area contributed by atoms with Gasteiger partial charge >= 0.3 is 5.97 Å². The van der Waals surface area contributed by atoms with Crippen LogP contribution in [0.3, 0.4) is 0 Å². The van der Waals surface area contributed by atoms with E-state index in [9.17, 15) is 9.59 Å². The third-order valence-electron chi connectivity index (χ3n) is 4.32. The van der Waals surface area contributed by atoms with Crippen LogP contribution in [0.4, 0.5) is 5.69 Å². The number of carbonyl (C=O) groups excluding carboxylic acids is 1. The van der Waals surface area contributed by atoms with Crippen molar-refractivity contribution in [2.45, 2.75) is 32.2 Å². The molecule has 1 aliphatic rings. The summed E-state index contributed by atoms with van der Waals surface area (Å²) in [5.41, 5.74) is 6.43. The topological polar surface area (TPSA) is 83.6 Å². The van der Waals surface area contributed by atoms with E-state index in [-0.39, 0.29) is 17.5 Å². The van der Waals surface area contributed by atoms with Gasteiger partial charge in [0.05, 0.1) is 11.0 Å². The van der Waals surface area contributed by atoms with Gasteiger partial charge in [-0.1, -0.05) is 6.42 Å². The quantitative estimate of drug-likeness (QED) is 0.882. The van der Waals surface area contributed by atoms with Gasteiger partial charge in [-0.3, -0.25) is 4.79 Å². The molecule has 0 heterocycles. The molecule has 1 aromatic rings. The summed E-state index contributed by atoms with van der Waals surface area (Å²) in [5, 5.41) is 8.87. The Kier molecular flexibility index (Phi) is 3.81. The first-order valence-corrected chi connectivity index (χ1v) is 6.73. The fourth-order valence-corrected chi connectivity index (χ4v) is 2.79. The predicted molar refractivity (Wildman–Crippen MR) is 76.7 cm³/mol. The first-order valence-electron chi connectivity index (χ1n) is 6.73. The molecule has 20 heavy (non-hydrogen) atoms. The minimum absolute atomic E-state index is 0.00873. The highest BCUT2D eigenvalue weighted by molar-refractivity contribution is 5.98. The second-order valence-electron chi connectivity index (χ2n) is 5.63. The van der Waals surface area contributed by atoms with E-state index in [2.05, 4.69) is 0 Å². The van der Waals surface area contributed by atoms with Gasteiger partial charge in [0, 0.05) is 18.8 Å². The zero-order valence-electron chi connectivity index (χ0n) is 11.8. The van der Waals surface area contributed by atoms with Crippen LogP contribution in [-0.4, -0.2) is 30.1 Å². The van der Waals surface area contributed by atoms with E-state index in [0.29, 0.717) is 5.69 Å². The molecule has 0 aromatic heterocycles. The number of carboxylic acids is 1. The lowest BCUT2D eigenvalue weighted by molar-refractivity contribution is -0.127. The minimum atomic E-state index is -0.977. The highest BCUT2D eigenvalue weighted by Gasteiger charge is 2.44. The van der Waals surface area contributed by atoms with Gasteiger partial charge in [0.2, 0.25) is 5.91 Å². The molecule has 5 nitrogen and oxygen atoms in total. The number of hydrogen-bond acceptors (Lipinski definition) is 3. The zero-order valence-corrected chi connectivity index (χ0v) is 11.8. The summed E-state index contributed by atoms with van der Waals surface area (Å²) in [6.07, 6.45) is 2.63. The van der Waals surface area contributed by atoms with Gasteiger partial charge in [-0.2, -0.15) is 0 Å². The molecule has 108 valence electrons. The van der Waals surface area contributed by atoms with E-state index in [1.54, 1.807) is 24.1 Å². The van der Waals surface area contributed by atoms with Crippen molar-refractivity contribution in [3.8, 4) is 0 Å². The summed E-state index contributed by atoms with van der Waals surface area (Å²) in [7, 11) is 1.70. The van der Waals surface area contributed by atoms with Crippen LogP contribution in [0.5, 0.6) is 0 Å². The number of hydrogen-bond donors (Lipinski definition) is 2. The molecule has 1 fully saturated rings. The second kappa shape index (κ2) is 5.25. The molecule has 0 aliphatic heterocycles. The predicted octanol–water partition coefficient (Wildman–Crippen LogP) is 1.87. The Hall–Kier alpha value is -1.88. The maximum Gasteiger partial charge on any atom is 0.335 e.